The Labute approximate surface area is 103 Å². The van der Waals surface area contributed by atoms with Crippen molar-refractivity contribution in [1.29, 1.82) is 0 Å². The van der Waals surface area contributed by atoms with Gasteiger partial charge in [-0.2, -0.15) is 0 Å². The first-order chi connectivity index (χ1) is 8.08. The van der Waals surface area contributed by atoms with Crippen molar-refractivity contribution in [1.82, 2.24) is 5.32 Å². The highest BCUT2D eigenvalue weighted by Crippen LogP contribution is 2.14. The zero-order chi connectivity index (χ0) is 12.8. The van der Waals surface area contributed by atoms with Gasteiger partial charge in [-0.3, -0.25) is 4.79 Å². The summed E-state index contributed by atoms with van der Waals surface area (Å²) in [5.41, 5.74) is 7.90. The van der Waals surface area contributed by atoms with Crippen LogP contribution in [0.2, 0.25) is 0 Å². The summed E-state index contributed by atoms with van der Waals surface area (Å²) >= 11 is 0. The molecule has 17 heavy (non-hydrogen) atoms. The molecule has 0 saturated carbocycles. The van der Waals surface area contributed by atoms with Crippen LogP contribution in [-0.2, 0) is 11.2 Å². The monoisotopic (exact) mass is 234 g/mol. The molecule has 2 unspecified atom stereocenters. The van der Waals surface area contributed by atoms with Crippen molar-refractivity contribution in [3.8, 4) is 0 Å². The standard InChI is InChI=1S/C14H22N2O/c1-4-12-5-7-13(8-6-12)11(3)16-14(17)10(2)9-15/h5-8,10-11H,4,9,15H2,1-3H3,(H,16,17). The van der Waals surface area contributed by atoms with Crippen LogP contribution in [-0.4, -0.2) is 12.5 Å². The maximum Gasteiger partial charge on any atom is 0.224 e. The largest absolute Gasteiger partial charge is 0.349 e. The molecule has 0 radical (unpaired) electrons. The van der Waals surface area contributed by atoms with E-state index in [9.17, 15) is 4.79 Å². The zero-order valence-electron chi connectivity index (χ0n) is 10.9. The van der Waals surface area contributed by atoms with Crippen molar-refractivity contribution in [3.05, 3.63) is 35.4 Å². The number of hydrogen-bond acceptors (Lipinski definition) is 2. The first-order valence-electron chi connectivity index (χ1n) is 6.17. The molecule has 0 heterocycles. The molecule has 0 aliphatic carbocycles. The van der Waals surface area contributed by atoms with Gasteiger partial charge in [0.1, 0.15) is 0 Å². The number of aryl methyl sites for hydroxylation is 1. The fraction of sp³-hybridized carbons (Fsp3) is 0.500. The lowest BCUT2D eigenvalue weighted by Crippen LogP contribution is -2.34. The molecule has 0 aliphatic heterocycles. The fourth-order valence-electron chi connectivity index (χ4n) is 1.59. The third kappa shape index (κ3) is 3.86. The van der Waals surface area contributed by atoms with Crippen LogP contribution in [0, 0.1) is 5.92 Å². The molecule has 1 aromatic rings. The van der Waals surface area contributed by atoms with E-state index in [1.807, 2.05) is 13.8 Å². The topological polar surface area (TPSA) is 55.1 Å². The predicted molar refractivity (Wildman–Crippen MR) is 70.6 cm³/mol. The maximum atomic E-state index is 11.7. The molecule has 0 bridgehead atoms. The molecule has 1 rings (SSSR count). The number of amides is 1. The van der Waals surface area contributed by atoms with Crippen LogP contribution in [0.4, 0.5) is 0 Å². The van der Waals surface area contributed by atoms with Crippen LogP contribution >= 0.6 is 0 Å². The first-order valence-corrected chi connectivity index (χ1v) is 6.17. The van der Waals surface area contributed by atoms with Crippen LogP contribution in [0.1, 0.15) is 37.9 Å². The van der Waals surface area contributed by atoms with Crippen molar-refractivity contribution in [3.63, 3.8) is 0 Å². The summed E-state index contributed by atoms with van der Waals surface area (Å²) in [6.45, 7) is 6.33. The van der Waals surface area contributed by atoms with Gasteiger partial charge in [0.25, 0.3) is 0 Å². The first kappa shape index (κ1) is 13.7. The molecular formula is C14H22N2O. The van der Waals surface area contributed by atoms with Crippen molar-refractivity contribution in [2.45, 2.75) is 33.2 Å². The lowest BCUT2D eigenvalue weighted by molar-refractivity contribution is -0.124. The SMILES string of the molecule is CCc1ccc(C(C)NC(=O)C(C)CN)cc1. The van der Waals surface area contributed by atoms with Crippen LogP contribution in [0.15, 0.2) is 24.3 Å². The van der Waals surface area contributed by atoms with Crippen molar-refractivity contribution < 1.29 is 4.79 Å². The summed E-state index contributed by atoms with van der Waals surface area (Å²) in [6.07, 6.45) is 1.03. The van der Waals surface area contributed by atoms with Crippen LogP contribution in [0.3, 0.4) is 0 Å². The number of nitrogens with one attached hydrogen (secondary N) is 1. The molecule has 2 atom stereocenters. The van der Waals surface area contributed by atoms with E-state index in [2.05, 4.69) is 36.5 Å². The molecule has 0 saturated heterocycles. The molecule has 0 aromatic heterocycles. The Bertz CT molecular complexity index is 359. The Morgan fingerprint density at radius 2 is 1.88 bits per heavy atom. The minimum absolute atomic E-state index is 0.0135. The van der Waals surface area contributed by atoms with Gasteiger partial charge in [-0.15, -0.1) is 0 Å². The Morgan fingerprint density at radius 1 is 1.29 bits per heavy atom. The summed E-state index contributed by atoms with van der Waals surface area (Å²) in [5, 5.41) is 2.97. The van der Waals surface area contributed by atoms with E-state index >= 15 is 0 Å². The molecule has 1 amide bonds. The van der Waals surface area contributed by atoms with Gasteiger partial charge in [0.15, 0.2) is 0 Å². The van der Waals surface area contributed by atoms with E-state index < -0.39 is 0 Å². The second kappa shape index (κ2) is 6.40. The lowest BCUT2D eigenvalue weighted by atomic mass is 10.0. The highest BCUT2D eigenvalue weighted by Gasteiger charge is 2.14. The summed E-state index contributed by atoms with van der Waals surface area (Å²) in [5.74, 6) is -0.119. The number of carbonyl (C=O) groups is 1. The van der Waals surface area contributed by atoms with Crippen LogP contribution in [0.5, 0.6) is 0 Å². The van der Waals surface area contributed by atoms with Crippen molar-refractivity contribution in [2.24, 2.45) is 11.7 Å². The Morgan fingerprint density at radius 3 is 2.35 bits per heavy atom. The van der Waals surface area contributed by atoms with E-state index in [1.165, 1.54) is 5.56 Å². The smallest absolute Gasteiger partial charge is 0.224 e. The Balaban J connectivity index is 2.63. The number of benzene rings is 1. The third-order valence-electron chi connectivity index (χ3n) is 3.05. The maximum absolute atomic E-state index is 11.7. The average molecular weight is 234 g/mol. The molecule has 3 N–H and O–H groups in total. The van der Waals surface area contributed by atoms with Gasteiger partial charge in [0.05, 0.1) is 6.04 Å². The Kier molecular flexibility index (Phi) is 5.16. The minimum atomic E-state index is -0.132. The van der Waals surface area contributed by atoms with Gasteiger partial charge in [0.2, 0.25) is 5.91 Å². The van der Waals surface area contributed by atoms with E-state index in [4.69, 9.17) is 5.73 Å². The van der Waals surface area contributed by atoms with Crippen molar-refractivity contribution in [2.75, 3.05) is 6.54 Å². The molecule has 94 valence electrons. The number of nitrogens with two attached hydrogens (primary N) is 1. The van der Waals surface area contributed by atoms with Gasteiger partial charge < -0.3 is 11.1 Å². The van der Waals surface area contributed by atoms with E-state index in [-0.39, 0.29) is 17.9 Å². The van der Waals surface area contributed by atoms with Gasteiger partial charge in [-0.1, -0.05) is 38.1 Å². The Hall–Kier alpha value is -1.35. The molecule has 1 aromatic carbocycles. The van der Waals surface area contributed by atoms with Gasteiger partial charge in [-0.25, -0.2) is 0 Å². The lowest BCUT2D eigenvalue weighted by Gasteiger charge is -2.17. The second-order valence-electron chi connectivity index (χ2n) is 4.46. The summed E-state index contributed by atoms with van der Waals surface area (Å²) in [4.78, 5) is 11.7. The zero-order valence-corrected chi connectivity index (χ0v) is 10.9. The van der Waals surface area contributed by atoms with E-state index in [0.29, 0.717) is 6.54 Å². The highest BCUT2D eigenvalue weighted by atomic mass is 16.1. The molecule has 3 heteroatoms. The summed E-state index contributed by atoms with van der Waals surface area (Å²) in [7, 11) is 0. The second-order valence-corrected chi connectivity index (χ2v) is 4.46. The normalized spacial score (nSPS) is 14.1. The van der Waals surface area contributed by atoms with Crippen molar-refractivity contribution >= 4 is 5.91 Å². The number of carbonyl (C=O) groups excluding carboxylic acids is 1. The van der Waals surface area contributed by atoms with E-state index in [0.717, 1.165) is 12.0 Å². The molecule has 0 fully saturated rings. The van der Waals surface area contributed by atoms with Crippen LogP contribution < -0.4 is 11.1 Å². The summed E-state index contributed by atoms with van der Waals surface area (Å²) in [6, 6.07) is 8.37. The summed E-state index contributed by atoms with van der Waals surface area (Å²) < 4.78 is 0. The fourth-order valence-corrected chi connectivity index (χ4v) is 1.59. The predicted octanol–water partition coefficient (Wildman–Crippen LogP) is 2.02. The molecule has 3 nitrogen and oxygen atoms in total. The van der Waals surface area contributed by atoms with Gasteiger partial charge in [-0.05, 0) is 24.5 Å². The molecule has 0 aliphatic rings. The molecule has 0 spiro atoms. The number of rotatable bonds is 5. The highest BCUT2D eigenvalue weighted by molar-refractivity contribution is 5.78. The van der Waals surface area contributed by atoms with E-state index in [1.54, 1.807) is 0 Å². The quantitative estimate of drug-likeness (QED) is 0.819. The minimum Gasteiger partial charge on any atom is -0.349 e. The van der Waals surface area contributed by atoms with Gasteiger partial charge in [0, 0.05) is 12.5 Å². The average Bonchev–Trinajstić information content (AvgIpc) is 2.37. The van der Waals surface area contributed by atoms with Gasteiger partial charge >= 0.3 is 0 Å². The third-order valence-corrected chi connectivity index (χ3v) is 3.05. The number of hydrogen-bond donors (Lipinski definition) is 2. The van der Waals surface area contributed by atoms with Crippen LogP contribution in [0.25, 0.3) is 0 Å². The molecular weight excluding hydrogens is 212 g/mol.